The Morgan fingerprint density at radius 3 is 2.19 bits per heavy atom. The summed E-state index contributed by atoms with van der Waals surface area (Å²) in [5.74, 6) is 0.311. The summed E-state index contributed by atoms with van der Waals surface area (Å²) in [4.78, 5) is 19.9. The van der Waals surface area contributed by atoms with Gasteiger partial charge in [-0.25, -0.2) is 14.6 Å². The average Bonchev–Trinajstić information content (AvgIpc) is 2.81. The summed E-state index contributed by atoms with van der Waals surface area (Å²) in [6.07, 6.45) is 0. The number of ether oxygens (including phenoxy) is 1. The van der Waals surface area contributed by atoms with Crippen LogP contribution in [0.3, 0.4) is 0 Å². The third-order valence-electron chi connectivity index (χ3n) is 1.98. The maximum Gasteiger partial charge on any atom is 0.337 e. The summed E-state index contributed by atoms with van der Waals surface area (Å²) < 4.78 is 4.50. The Labute approximate surface area is 95.1 Å². The van der Waals surface area contributed by atoms with Crippen LogP contribution in [0.1, 0.15) is 17.3 Å². The van der Waals surface area contributed by atoms with Crippen molar-refractivity contribution in [3.8, 4) is 0 Å². The van der Waals surface area contributed by atoms with E-state index in [0.29, 0.717) is 11.5 Å². The van der Waals surface area contributed by atoms with Gasteiger partial charge >= 0.3 is 5.97 Å². The first-order chi connectivity index (χ1) is 7.74. The Balaban J connectivity index is 0.000000181. The molecule has 1 saturated heterocycles. The van der Waals surface area contributed by atoms with E-state index in [1.807, 2.05) is 6.07 Å². The molecule has 0 spiro atoms. The summed E-state index contributed by atoms with van der Waals surface area (Å²) in [5.41, 5.74) is 0.588. The maximum absolute atomic E-state index is 10.8. The standard InChI is InChI=1S/C8H8O2.C4H8O2/c1-10-8(9)7-5-3-2-4-6-7;1-4-2-5-6-3-4/h2-6H,1H3;4H,2-3H2,1H3. The Morgan fingerprint density at radius 1 is 1.25 bits per heavy atom. The van der Waals surface area contributed by atoms with Gasteiger partial charge in [-0.05, 0) is 12.1 Å². The molecule has 4 heteroatoms. The van der Waals surface area contributed by atoms with Crippen molar-refractivity contribution in [3.05, 3.63) is 35.9 Å². The smallest absolute Gasteiger partial charge is 0.337 e. The number of hydrogen-bond donors (Lipinski definition) is 0. The van der Waals surface area contributed by atoms with E-state index in [2.05, 4.69) is 21.4 Å². The van der Waals surface area contributed by atoms with E-state index >= 15 is 0 Å². The quantitative estimate of drug-likeness (QED) is 0.541. The summed E-state index contributed by atoms with van der Waals surface area (Å²) in [7, 11) is 1.37. The average molecular weight is 224 g/mol. The Kier molecular flexibility index (Phi) is 5.53. The largest absolute Gasteiger partial charge is 0.465 e. The number of rotatable bonds is 1. The van der Waals surface area contributed by atoms with Crippen LogP contribution in [-0.2, 0) is 14.5 Å². The van der Waals surface area contributed by atoms with E-state index in [4.69, 9.17) is 0 Å². The fraction of sp³-hybridized carbons (Fsp3) is 0.417. The van der Waals surface area contributed by atoms with E-state index in [1.54, 1.807) is 24.3 Å². The van der Waals surface area contributed by atoms with Crippen LogP contribution >= 0.6 is 0 Å². The van der Waals surface area contributed by atoms with E-state index in [0.717, 1.165) is 13.2 Å². The Bertz CT molecular complexity index is 304. The third kappa shape index (κ3) is 4.42. The van der Waals surface area contributed by atoms with Crippen LogP contribution in [0.15, 0.2) is 30.3 Å². The molecular formula is C12H16O4. The molecule has 0 unspecified atom stereocenters. The SMILES string of the molecule is CC1COOC1.COC(=O)c1ccccc1. The molecule has 1 aliphatic heterocycles. The molecule has 2 rings (SSSR count). The highest BCUT2D eigenvalue weighted by molar-refractivity contribution is 5.89. The predicted molar refractivity (Wildman–Crippen MR) is 58.8 cm³/mol. The van der Waals surface area contributed by atoms with Crippen molar-refractivity contribution in [1.82, 2.24) is 0 Å². The van der Waals surface area contributed by atoms with Crippen LogP contribution in [0.4, 0.5) is 0 Å². The molecule has 0 N–H and O–H groups in total. The lowest BCUT2D eigenvalue weighted by Crippen LogP contribution is -1.99. The molecule has 1 heterocycles. The number of carbonyl (C=O) groups excluding carboxylic acids is 1. The van der Waals surface area contributed by atoms with Crippen molar-refractivity contribution in [2.45, 2.75) is 6.92 Å². The minimum absolute atomic E-state index is 0.291. The molecule has 0 radical (unpaired) electrons. The first-order valence-corrected chi connectivity index (χ1v) is 5.12. The van der Waals surface area contributed by atoms with Gasteiger partial charge in [0.15, 0.2) is 0 Å². The van der Waals surface area contributed by atoms with Crippen LogP contribution in [0.5, 0.6) is 0 Å². The van der Waals surface area contributed by atoms with Gasteiger partial charge in [-0.15, -0.1) is 0 Å². The molecule has 0 amide bonds. The van der Waals surface area contributed by atoms with E-state index in [9.17, 15) is 4.79 Å². The summed E-state index contributed by atoms with van der Waals surface area (Å²) >= 11 is 0. The lowest BCUT2D eigenvalue weighted by Gasteiger charge is -1.95. The Hall–Kier alpha value is -1.39. The maximum atomic E-state index is 10.8. The van der Waals surface area contributed by atoms with Gasteiger partial charge in [0, 0.05) is 5.92 Å². The van der Waals surface area contributed by atoms with Crippen molar-refractivity contribution in [1.29, 1.82) is 0 Å². The molecule has 0 aromatic heterocycles. The fourth-order valence-corrected chi connectivity index (χ4v) is 1.07. The van der Waals surface area contributed by atoms with E-state index in [-0.39, 0.29) is 5.97 Å². The molecule has 4 nitrogen and oxygen atoms in total. The lowest BCUT2D eigenvalue weighted by molar-refractivity contribution is -0.248. The van der Waals surface area contributed by atoms with Crippen molar-refractivity contribution < 1.29 is 19.3 Å². The van der Waals surface area contributed by atoms with Crippen LogP contribution < -0.4 is 0 Å². The monoisotopic (exact) mass is 224 g/mol. The highest BCUT2D eigenvalue weighted by Gasteiger charge is 2.09. The van der Waals surface area contributed by atoms with Crippen molar-refractivity contribution >= 4 is 5.97 Å². The van der Waals surface area contributed by atoms with Crippen LogP contribution in [-0.4, -0.2) is 26.3 Å². The van der Waals surface area contributed by atoms with Crippen LogP contribution in [0.2, 0.25) is 0 Å². The van der Waals surface area contributed by atoms with Gasteiger partial charge in [-0.1, -0.05) is 25.1 Å². The Morgan fingerprint density at radius 2 is 1.81 bits per heavy atom. The van der Waals surface area contributed by atoms with Crippen LogP contribution in [0.25, 0.3) is 0 Å². The number of methoxy groups -OCH3 is 1. The van der Waals surface area contributed by atoms with Gasteiger partial charge in [-0.3, -0.25) is 0 Å². The van der Waals surface area contributed by atoms with Crippen molar-refractivity contribution in [2.24, 2.45) is 5.92 Å². The molecular weight excluding hydrogens is 208 g/mol. The second-order valence-electron chi connectivity index (χ2n) is 3.53. The third-order valence-corrected chi connectivity index (χ3v) is 1.98. The second-order valence-corrected chi connectivity index (χ2v) is 3.53. The molecule has 1 aliphatic rings. The van der Waals surface area contributed by atoms with Gasteiger partial charge in [0.1, 0.15) is 0 Å². The zero-order valence-corrected chi connectivity index (χ0v) is 9.51. The first kappa shape index (κ1) is 12.7. The summed E-state index contributed by atoms with van der Waals surface area (Å²) in [6.45, 7) is 3.62. The predicted octanol–water partition coefficient (Wildman–Crippen LogP) is 2.06. The van der Waals surface area contributed by atoms with Gasteiger partial charge < -0.3 is 4.74 Å². The van der Waals surface area contributed by atoms with E-state index in [1.165, 1.54) is 7.11 Å². The van der Waals surface area contributed by atoms with Gasteiger partial charge in [-0.2, -0.15) is 0 Å². The molecule has 0 saturated carbocycles. The topological polar surface area (TPSA) is 44.8 Å². The highest BCUT2D eigenvalue weighted by Crippen LogP contribution is 2.04. The number of benzene rings is 1. The van der Waals surface area contributed by atoms with Gasteiger partial charge in [0.05, 0.1) is 25.9 Å². The molecule has 16 heavy (non-hydrogen) atoms. The zero-order chi connectivity index (χ0) is 11.8. The molecule has 1 aromatic rings. The number of hydrogen-bond acceptors (Lipinski definition) is 4. The molecule has 1 fully saturated rings. The minimum atomic E-state index is -0.291. The first-order valence-electron chi connectivity index (χ1n) is 5.12. The van der Waals surface area contributed by atoms with E-state index < -0.39 is 0 Å². The highest BCUT2D eigenvalue weighted by atomic mass is 17.2. The lowest BCUT2D eigenvalue weighted by atomic mass is 10.2. The molecule has 0 atom stereocenters. The summed E-state index contributed by atoms with van der Waals surface area (Å²) in [6, 6.07) is 8.88. The van der Waals surface area contributed by atoms with Gasteiger partial charge in [0.2, 0.25) is 0 Å². The second kappa shape index (κ2) is 6.98. The van der Waals surface area contributed by atoms with Crippen molar-refractivity contribution in [2.75, 3.05) is 20.3 Å². The molecule has 88 valence electrons. The normalized spacial score (nSPS) is 15.1. The summed E-state index contributed by atoms with van der Waals surface area (Å²) in [5, 5.41) is 0. The van der Waals surface area contributed by atoms with Gasteiger partial charge in [0.25, 0.3) is 0 Å². The number of esters is 1. The molecule has 0 bridgehead atoms. The van der Waals surface area contributed by atoms with Crippen molar-refractivity contribution in [3.63, 3.8) is 0 Å². The van der Waals surface area contributed by atoms with Crippen LogP contribution in [0, 0.1) is 5.92 Å². The molecule has 1 aromatic carbocycles. The zero-order valence-electron chi connectivity index (χ0n) is 9.51. The molecule has 0 aliphatic carbocycles. The number of carbonyl (C=O) groups is 1. The minimum Gasteiger partial charge on any atom is -0.465 e. The fourth-order valence-electron chi connectivity index (χ4n) is 1.07.